The summed E-state index contributed by atoms with van der Waals surface area (Å²) in [6.45, 7) is 4.33. The van der Waals surface area contributed by atoms with E-state index < -0.39 is 0 Å². The molecule has 0 aromatic carbocycles. The first kappa shape index (κ1) is 12.6. The third-order valence-electron chi connectivity index (χ3n) is 1.78. The second-order valence-electron chi connectivity index (χ2n) is 2.89. The Morgan fingerprint density at radius 3 is 2.75 bits per heavy atom. The van der Waals surface area contributed by atoms with E-state index in [9.17, 15) is 0 Å². The zero-order valence-corrected chi connectivity index (χ0v) is 9.68. The summed E-state index contributed by atoms with van der Waals surface area (Å²) < 4.78 is 0. The molecule has 0 amide bonds. The van der Waals surface area contributed by atoms with Crippen LogP contribution in [0.15, 0.2) is 0 Å². The molecule has 0 bridgehead atoms. The molecule has 0 saturated heterocycles. The number of nitrogens with one attached hydrogen (secondary N) is 1. The Labute approximate surface area is 85.6 Å². The van der Waals surface area contributed by atoms with Gasteiger partial charge in [-0.3, -0.25) is 0 Å². The molecule has 0 rings (SSSR count). The maximum atomic E-state index is 5.96. The molecule has 1 atom stereocenters. The fourth-order valence-electron chi connectivity index (χ4n) is 0.929. The molecule has 1 unspecified atom stereocenters. The van der Waals surface area contributed by atoms with Crippen LogP contribution in [0.3, 0.4) is 0 Å². The Bertz CT molecular complexity index is 90.6. The molecule has 1 N–H and O–H groups in total. The summed E-state index contributed by atoms with van der Waals surface area (Å²) in [5, 5.41) is 3.75. The van der Waals surface area contributed by atoms with Crippen molar-refractivity contribution in [1.82, 2.24) is 5.32 Å². The highest BCUT2D eigenvalue weighted by atomic mass is 35.5. The molecule has 0 radical (unpaired) electrons. The molecule has 0 aromatic rings. The second kappa shape index (κ2) is 9.69. The van der Waals surface area contributed by atoms with Crippen molar-refractivity contribution in [2.75, 3.05) is 25.1 Å². The van der Waals surface area contributed by atoms with Crippen LogP contribution < -0.4 is 5.32 Å². The van der Waals surface area contributed by atoms with Crippen LogP contribution in [0, 0.1) is 0 Å². The van der Waals surface area contributed by atoms with Crippen LogP contribution in [-0.2, 0) is 0 Å². The molecule has 0 spiro atoms. The van der Waals surface area contributed by atoms with Gasteiger partial charge in [-0.2, -0.15) is 11.8 Å². The van der Waals surface area contributed by atoms with E-state index >= 15 is 0 Å². The van der Waals surface area contributed by atoms with Gasteiger partial charge in [0, 0.05) is 5.38 Å². The number of halogens is 1. The largest absolute Gasteiger partial charge is 0.317 e. The summed E-state index contributed by atoms with van der Waals surface area (Å²) in [6.07, 6.45) is 5.58. The van der Waals surface area contributed by atoms with Gasteiger partial charge in [-0.1, -0.05) is 6.92 Å². The predicted molar refractivity (Wildman–Crippen MR) is 60.4 cm³/mol. The molecule has 0 aliphatic rings. The van der Waals surface area contributed by atoms with Gasteiger partial charge in [-0.25, -0.2) is 0 Å². The number of hydrogen-bond acceptors (Lipinski definition) is 2. The van der Waals surface area contributed by atoms with Gasteiger partial charge in [0.25, 0.3) is 0 Å². The zero-order valence-electron chi connectivity index (χ0n) is 8.11. The van der Waals surface area contributed by atoms with Gasteiger partial charge in [0.1, 0.15) is 0 Å². The number of hydrogen-bond donors (Lipinski definition) is 1. The average molecular weight is 210 g/mol. The van der Waals surface area contributed by atoms with Crippen LogP contribution in [0.25, 0.3) is 0 Å². The number of alkyl halides is 1. The lowest BCUT2D eigenvalue weighted by molar-refractivity contribution is 0.617. The summed E-state index contributed by atoms with van der Waals surface area (Å²) in [4.78, 5) is 0. The van der Waals surface area contributed by atoms with Crippen molar-refractivity contribution in [1.29, 1.82) is 0 Å². The monoisotopic (exact) mass is 209 g/mol. The second-order valence-corrected chi connectivity index (χ2v) is 4.49. The minimum Gasteiger partial charge on any atom is -0.317 e. The summed E-state index contributed by atoms with van der Waals surface area (Å²) in [7, 11) is 0. The highest BCUT2D eigenvalue weighted by Crippen LogP contribution is 2.04. The molecular formula is C9H20ClNS. The Morgan fingerprint density at radius 2 is 2.17 bits per heavy atom. The van der Waals surface area contributed by atoms with Crippen LogP contribution in [0.1, 0.15) is 26.2 Å². The fourth-order valence-corrected chi connectivity index (χ4v) is 1.47. The van der Waals surface area contributed by atoms with Gasteiger partial charge in [-0.15, -0.1) is 11.6 Å². The maximum absolute atomic E-state index is 5.96. The summed E-state index contributed by atoms with van der Waals surface area (Å²) >= 11 is 7.87. The minimum absolute atomic E-state index is 0.359. The third-order valence-corrected chi connectivity index (χ3v) is 3.00. The van der Waals surface area contributed by atoms with Crippen molar-refractivity contribution < 1.29 is 0 Å². The molecule has 0 aliphatic carbocycles. The lowest BCUT2D eigenvalue weighted by atomic mass is 10.2. The Balaban J connectivity index is 2.90. The third kappa shape index (κ3) is 8.69. The Morgan fingerprint density at radius 1 is 1.42 bits per heavy atom. The van der Waals surface area contributed by atoms with Gasteiger partial charge in [0.2, 0.25) is 0 Å². The van der Waals surface area contributed by atoms with Crippen LogP contribution in [0.4, 0.5) is 0 Å². The SMILES string of the molecule is CCC(Cl)CCNCCCSC. The highest BCUT2D eigenvalue weighted by Gasteiger charge is 1.98. The molecule has 74 valence electrons. The van der Waals surface area contributed by atoms with E-state index in [4.69, 9.17) is 11.6 Å². The van der Waals surface area contributed by atoms with Crippen molar-refractivity contribution in [2.24, 2.45) is 0 Å². The van der Waals surface area contributed by atoms with Crippen molar-refractivity contribution in [3.63, 3.8) is 0 Å². The van der Waals surface area contributed by atoms with Crippen LogP contribution >= 0.6 is 23.4 Å². The standard InChI is InChI=1S/C9H20ClNS/c1-3-9(10)5-7-11-6-4-8-12-2/h9,11H,3-8H2,1-2H3. The number of rotatable bonds is 8. The maximum Gasteiger partial charge on any atom is 0.0345 e. The van der Waals surface area contributed by atoms with E-state index in [0.717, 1.165) is 25.9 Å². The van der Waals surface area contributed by atoms with Crippen molar-refractivity contribution in [3.05, 3.63) is 0 Å². The van der Waals surface area contributed by atoms with Gasteiger partial charge in [0.05, 0.1) is 0 Å². The molecule has 0 heterocycles. The molecule has 12 heavy (non-hydrogen) atoms. The molecule has 3 heteroatoms. The van der Waals surface area contributed by atoms with Gasteiger partial charge < -0.3 is 5.32 Å². The molecule has 0 aromatic heterocycles. The van der Waals surface area contributed by atoms with E-state index in [1.807, 2.05) is 11.8 Å². The smallest absolute Gasteiger partial charge is 0.0345 e. The van der Waals surface area contributed by atoms with Crippen molar-refractivity contribution in [2.45, 2.75) is 31.6 Å². The van der Waals surface area contributed by atoms with Crippen molar-refractivity contribution >= 4 is 23.4 Å². The zero-order chi connectivity index (χ0) is 9.23. The lowest BCUT2D eigenvalue weighted by Crippen LogP contribution is -2.19. The lowest BCUT2D eigenvalue weighted by Gasteiger charge is -2.06. The van der Waals surface area contributed by atoms with E-state index in [-0.39, 0.29) is 0 Å². The molecular weight excluding hydrogens is 190 g/mol. The quantitative estimate of drug-likeness (QED) is 0.488. The Hall–Kier alpha value is 0.600. The van der Waals surface area contributed by atoms with E-state index in [2.05, 4.69) is 18.5 Å². The molecule has 0 aliphatic heterocycles. The topological polar surface area (TPSA) is 12.0 Å². The molecule has 1 nitrogen and oxygen atoms in total. The van der Waals surface area contributed by atoms with Gasteiger partial charge in [-0.05, 0) is 44.4 Å². The first-order valence-electron chi connectivity index (χ1n) is 4.65. The first-order chi connectivity index (χ1) is 5.81. The average Bonchev–Trinajstić information content (AvgIpc) is 2.10. The van der Waals surface area contributed by atoms with Gasteiger partial charge >= 0.3 is 0 Å². The van der Waals surface area contributed by atoms with E-state index in [0.29, 0.717) is 5.38 Å². The first-order valence-corrected chi connectivity index (χ1v) is 6.48. The van der Waals surface area contributed by atoms with E-state index in [1.165, 1.54) is 12.2 Å². The Kier molecular flexibility index (Phi) is 10.2. The minimum atomic E-state index is 0.359. The van der Waals surface area contributed by atoms with Crippen LogP contribution in [0.5, 0.6) is 0 Å². The predicted octanol–water partition coefficient (Wildman–Crippen LogP) is 2.74. The normalized spacial score (nSPS) is 13.2. The number of thioether (sulfide) groups is 1. The highest BCUT2D eigenvalue weighted by molar-refractivity contribution is 7.98. The molecule has 0 saturated carbocycles. The van der Waals surface area contributed by atoms with Gasteiger partial charge in [0.15, 0.2) is 0 Å². The molecule has 0 fully saturated rings. The van der Waals surface area contributed by atoms with Crippen LogP contribution in [-0.4, -0.2) is 30.5 Å². The van der Waals surface area contributed by atoms with Crippen LogP contribution in [0.2, 0.25) is 0 Å². The summed E-state index contributed by atoms with van der Waals surface area (Å²) in [5.41, 5.74) is 0. The van der Waals surface area contributed by atoms with Crippen molar-refractivity contribution in [3.8, 4) is 0 Å². The van der Waals surface area contributed by atoms with E-state index in [1.54, 1.807) is 0 Å². The fraction of sp³-hybridized carbons (Fsp3) is 1.00. The summed E-state index contributed by atoms with van der Waals surface area (Å²) in [5.74, 6) is 1.26. The summed E-state index contributed by atoms with van der Waals surface area (Å²) in [6, 6.07) is 0.